The van der Waals surface area contributed by atoms with E-state index in [1.165, 1.54) is 12.1 Å². The maximum Gasteiger partial charge on any atom is 0.291 e. The van der Waals surface area contributed by atoms with E-state index in [1.54, 1.807) is 11.0 Å². The number of rotatable bonds is 4. The van der Waals surface area contributed by atoms with Gasteiger partial charge in [0.25, 0.3) is 5.91 Å². The molecule has 32 heavy (non-hydrogen) atoms. The van der Waals surface area contributed by atoms with E-state index in [0.717, 1.165) is 29.2 Å². The summed E-state index contributed by atoms with van der Waals surface area (Å²) in [7, 11) is 0. The standard InChI is InChI=1S/C26H19ClFNO3/c1-2-15-7-9-16(10-8-15)23-22-24(30)19-13-18(28)11-12-21(19)32-25(22)26(31)29(23)14-17-5-3-4-6-20(17)27/h3-13,23H,2,14H2,1H3. The summed E-state index contributed by atoms with van der Waals surface area (Å²) in [6, 6.07) is 18.1. The van der Waals surface area contributed by atoms with Gasteiger partial charge in [0, 0.05) is 11.6 Å². The van der Waals surface area contributed by atoms with Crippen LogP contribution in [-0.2, 0) is 13.0 Å². The van der Waals surface area contributed by atoms with Crippen LogP contribution in [0.1, 0.15) is 45.8 Å². The summed E-state index contributed by atoms with van der Waals surface area (Å²) < 4.78 is 19.7. The summed E-state index contributed by atoms with van der Waals surface area (Å²) in [6.07, 6.45) is 0.871. The number of halogens is 2. The minimum atomic E-state index is -0.663. The second-order valence-electron chi connectivity index (χ2n) is 7.84. The lowest BCUT2D eigenvalue weighted by Crippen LogP contribution is -2.29. The first-order valence-corrected chi connectivity index (χ1v) is 10.7. The molecule has 0 aliphatic carbocycles. The number of carbonyl (C=O) groups is 1. The van der Waals surface area contributed by atoms with Crippen LogP contribution in [0.4, 0.5) is 4.39 Å². The molecular formula is C26H19ClFNO3. The molecule has 1 aromatic heterocycles. The Morgan fingerprint density at radius 1 is 1.03 bits per heavy atom. The molecule has 0 bridgehead atoms. The fourth-order valence-corrected chi connectivity index (χ4v) is 4.44. The van der Waals surface area contributed by atoms with Crippen LogP contribution in [0.3, 0.4) is 0 Å². The predicted octanol–water partition coefficient (Wildman–Crippen LogP) is 5.89. The van der Waals surface area contributed by atoms with Gasteiger partial charge in [-0.2, -0.15) is 0 Å². The lowest BCUT2D eigenvalue weighted by atomic mass is 9.97. The average molecular weight is 448 g/mol. The van der Waals surface area contributed by atoms with Crippen molar-refractivity contribution in [2.45, 2.75) is 25.9 Å². The molecule has 0 saturated heterocycles. The van der Waals surface area contributed by atoms with Crippen LogP contribution >= 0.6 is 11.6 Å². The van der Waals surface area contributed by atoms with Gasteiger partial charge in [-0.3, -0.25) is 9.59 Å². The molecule has 0 fully saturated rings. The second kappa shape index (κ2) is 7.92. The Labute approximate surface area is 188 Å². The number of nitrogens with zero attached hydrogens (tertiary/aromatic N) is 1. The van der Waals surface area contributed by atoms with Crippen LogP contribution in [0.15, 0.2) is 75.9 Å². The molecule has 4 aromatic rings. The van der Waals surface area contributed by atoms with Crippen molar-refractivity contribution in [1.29, 1.82) is 0 Å². The van der Waals surface area contributed by atoms with Crippen LogP contribution in [0.5, 0.6) is 0 Å². The first kappa shape index (κ1) is 20.5. The van der Waals surface area contributed by atoms with E-state index >= 15 is 0 Å². The van der Waals surface area contributed by atoms with Gasteiger partial charge < -0.3 is 9.32 Å². The molecule has 0 saturated carbocycles. The van der Waals surface area contributed by atoms with E-state index in [0.29, 0.717) is 5.02 Å². The number of hydrogen-bond donors (Lipinski definition) is 0. The Bertz CT molecular complexity index is 1410. The quantitative estimate of drug-likeness (QED) is 0.391. The van der Waals surface area contributed by atoms with Crippen LogP contribution in [0, 0.1) is 5.82 Å². The van der Waals surface area contributed by atoms with E-state index in [9.17, 15) is 14.0 Å². The minimum absolute atomic E-state index is 0.00858. The summed E-state index contributed by atoms with van der Waals surface area (Å²) in [5.41, 5.74) is 2.69. The summed E-state index contributed by atoms with van der Waals surface area (Å²) in [5.74, 6) is -0.940. The first-order chi connectivity index (χ1) is 15.5. The highest BCUT2D eigenvalue weighted by Gasteiger charge is 2.42. The van der Waals surface area contributed by atoms with Gasteiger partial charge in [-0.05, 0) is 47.4 Å². The maximum absolute atomic E-state index is 13.9. The van der Waals surface area contributed by atoms with Crippen molar-refractivity contribution in [3.63, 3.8) is 0 Å². The van der Waals surface area contributed by atoms with Crippen LogP contribution in [-0.4, -0.2) is 10.8 Å². The molecule has 3 aromatic carbocycles. The third-order valence-corrected chi connectivity index (χ3v) is 6.30. The monoisotopic (exact) mass is 447 g/mol. The first-order valence-electron chi connectivity index (χ1n) is 10.4. The molecule has 2 heterocycles. The average Bonchev–Trinajstić information content (AvgIpc) is 3.08. The Kier molecular flexibility index (Phi) is 5.06. The van der Waals surface area contributed by atoms with Gasteiger partial charge in [-0.1, -0.05) is 61.0 Å². The van der Waals surface area contributed by atoms with Crippen molar-refractivity contribution >= 4 is 28.5 Å². The van der Waals surface area contributed by atoms with Crippen LogP contribution < -0.4 is 5.43 Å². The van der Waals surface area contributed by atoms with Crippen molar-refractivity contribution in [2.75, 3.05) is 0 Å². The Hall–Kier alpha value is -3.44. The fraction of sp³-hybridized carbons (Fsp3) is 0.154. The predicted molar refractivity (Wildman–Crippen MR) is 121 cm³/mol. The zero-order chi connectivity index (χ0) is 22.4. The zero-order valence-corrected chi connectivity index (χ0v) is 18.0. The number of amides is 1. The number of carbonyl (C=O) groups excluding carboxylic acids is 1. The van der Waals surface area contributed by atoms with Gasteiger partial charge in [0.1, 0.15) is 11.4 Å². The fourth-order valence-electron chi connectivity index (χ4n) is 4.25. The second-order valence-corrected chi connectivity index (χ2v) is 8.24. The van der Waals surface area contributed by atoms with E-state index in [-0.39, 0.29) is 28.8 Å². The highest BCUT2D eigenvalue weighted by Crippen LogP contribution is 2.39. The van der Waals surface area contributed by atoms with Crippen molar-refractivity contribution in [3.05, 3.63) is 116 Å². The molecule has 0 radical (unpaired) electrons. The van der Waals surface area contributed by atoms with Gasteiger partial charge in [-0.15, -0.1) is 0 Å². The molecule has 1 amide bonds. The Morgan fingerprint density at radius 2 is 1.78 bits per heavy atom. The summed E-state index contributed by atoms with van der Waals surface area (Å²) in [4.78, 5) is 28.5. The van der Waals surface area contributed by atoms with Gasteiger partial charge >= 0.3 is 0 Å². The van der Waals surface area contributed by atoms with Gasteiger partial charge in [0.15, 0.2) is 5.43 Å². The number of hydrogen-bond acceptors (Lipinski definition) is 3. The van der Waals surface area contributed by atoms with Gasteiger partial charge in [0.2, 0.25) is 5.76 Å². The van der Waals surface area contributed by atoms with Crippen LogP contribution in [0.2, 0.25) is 5.02 Å². The molecule has 0 spiro atoms. The molecule has 160 valence electrons. The summed E-state index contributed by atoms with van der Waals surface area (Å²) >= 11 is 6.36. The van der Waals surface area contributed by atoms with Crippen molar-refractivity contribution in [1.82, 2.24) is 4.90 Å². The molecule has 1 unspecified atom stereocenters. The van der Waals surface area contributed by atoms with E-state index < -0.39 is 23.2 Å². The third-order valence-electron chi connectivity index (χ3n) is 5.93. The van der Waals surface area contributed by atoms with E-state index in [4.69, 9.17) is 16.0 Å². The largest absolute Gasteiger partial charge is 0.450 e. The molecule has 1 aliphatic rings. The number of fused-ring (bicyclic) bond motifs is 2. The van der Waals surface area contributed by atoms with Crippen LogP contribution in [0.25, 0.3) is 11.0 Å². The summed E-state index contributed by atoms with van der Waals surface area (Å²) in [6.45, 7) is 2.26. The summed E-state index contributed by atoms with van der Waals surface area (Å²) in [5, 5.41) is 0.647. The molecule has 5 rings (SSSR count). The third kappa shape index (κ3) is 3.30. The van der Waals surface area contributed by atoms with Crippen molar-refractivity contribution in [2.24, 2.45) is 0 Å². The Balaban J connectivity index is 1.73. The molecule has 0 N–H and O–H groups in total. The molecular weight excluding hydrogens is 429 g/mol. The highest BCUT2D eigenvalue weighted by atomic mass is 35.5. The smallest absolute Gasteiger partial charge is 0.291 e. The molecule has 6 heteroatoms. The Morgan fingerprint density at radius 3 is 2.50 bits per heavy atom. The number of benzene rings is 3. The van der Waals surface area contributed by atoms with Gasteiger partial charge in [-0.25, -0.2) is 4.39 Å². The lowest BCUT2D eigenvalue weighted by molar-refractivity contribution is 0.0714. The molecule has 4 nitrogen and oxygen atoms in total. The van der Waals surface area contributed by atoms with Gasteiger partial charge in [0.05, 0.1) is 17.0 Å². The molecule has 1 atom stereocenters. The van der Waals surface area contributed by atoms with Crippen molar-refractivity contribution in [3.8, 4) is 0 Å². The van der Waals surface area contributed by atoms with E-state index in [2.05, 4.69) is 6.92 Å². The van der Waals surface area contributed by atoms with Crippen molar-refractivity contribution < 1.29 is 13.6 Å². The maximum atomic E-state index is 13.9. The highest BCUT2D eigenvalue weighted by molar-refractivity contribution is 6.31. The SMILES string of the molecule is CCc1ccc(C2c3c(oc4ccc(F)cc4c3=O)C(=O)N2Cc2ccccc2Cl)cc1. The molecule has 1 aliphatic heterocycles. The number of aryl methyl sites for hydroxylation is 1. The van der Waals surface area contributed by atoms with E-state index in [1.807, 2.05) is 42.5 Å². The lowest BCUT2D eigenvalue weighted by Gasteiger charge is -2.25. The zero-order valence-electron chi connectivity index (χ0n) is 17.3. The topological polar surface area (TPSA) is 50.5 Å². The normalized spacial score (nSPS) is 15.4. The minimum Gasteiger partial charge on any atom is -0.450 e.